The van der Waals surface area contributed by atoms with E-state index < -0.39 is 0 Å². The minimum atomic E-state index is -0.347. The summed E-state index contributed by atoms with van der Waals surface area (Å²) in [5, 5.41) is 5.85. The molecule has 1 aliphatic carbocycles. The van der Waals surface area contributed by atoms with Crippen molar-refractivity contribution in [3.8, 4) is 0 Å². The van der Waals surface area contributed by atoms with E-state index in [4.69, 9.17) is 4.74 Å². The molecule has 0 spiro atoms. The van der Waals surface area contributed by atoms with Crippen molar-refractivity contribution >= 4 is 11.8 Å². The van der Waals surface area contributed by atoms with Crippen LogP contribution in [0.3, 0.4) is 0 Å². The normalized spacial score (nSPS) is 31.6. The van der Waals surface area contributed by atoms with Crippen LogP contribution in [0.25, 0.3) is 0 Å². The standard InChI is InChI=1S/C15H26N2O3/c1-4-15(5-2)11(9-12(15)20-6-3)17-14(19)10-7-8-13(18)16-10/h10-12H,4-9H2,1-3H3,(H,16,18)(H,17,19)/t10-,11?,12?/m1/s1. The lowest BCUT2D eigenvalue weighted by Crippen LogP contribution is -2.65. The highest BCUT2D eigenvalue weighted by molar-refractivity contribution is 5.91. The van der Waals surface area contributed by atoms with Crippen molar-refractivity contribution in [1.29, 1.82) is 0 Å². The van der Waals surface area contributed by atoms with Gasteiger partial charge in [0.1, 0.15) is 6.04 Å². The average Bonchev–Trinajstić information content (AvgIpc) is 2.86. The quantitative estimate of drug-likeness (QED) is 0.773. The fraction of sp³-hybridized carbons (Fsp3) is 0.867. The Labute approximate surface area is 120 Å². The number of hydrogen-bond donors (Lipinski definition) is 2. The van der Waals surface area contributed by atoms with Crippen LogP contribution in [0.15, 0.2) is 0 Å². The molecule has 2 unspecified atom stereocenters. The fourth-order valence-electron chi connectivity index (χ4n) is 3.67. The molecule has 2 amide bonds. The SMILES string of the molecule is CCOC1CC(NC(=O)[C@H]2CCC(=O)N2)C1(CC)CC. The van der Waals surface area contributed by atoms with Gasteiger partial charge in [0.2, 0.25) is 11.8 Å². The molecule has 5 nitrogen and oxygen atoms in total. The summed E-state index contributed by atoms with van der Waals surface area (Å²) in [7, 11) is 0. The van der Waals surface area contributed by atoms with E-state index >= 15 is 0 Å². The van der Waals surface area contributed by atoms with Gasteiger partial charge in [0, 0.05) is 24.5 Å². The second-order valence-electron chi connectivity index (χ2n) is 5.84. The maximum atomic E-state index is 12.2. The van der Waals surface area contributed by atoms with Crippen molar-refractivity contribution in [2.75, 3.05) is 6.61 Å². The molecular weight excluding hydrogens is 256 g/mol. The van der Waals surface area contributed by atoms with Crippen LogP contribution in [0, 0.1) is 5.41 Å². The molecule has 1 saturated carbocycles. The molecule has 3 atom stereocenters. The van der Waals surface area contributed by atoms with E-state index in [1.807, 2.05) is 6.92 Å². The van der Waals surface area contributed by atoms with Crippen LogP contribution in [-0.4, -0.2) is 36.6 Å². The number of rotatable bonds is 6. The van der Waals surface area contributed by atoms with Gasteiger partial charge in [-0.05, 0) is 32.6 Å². The summed E-state index contributed by atoms with van der Waals surface area (Å²) in [6, 6.07) is -0.181. The van der Waals surface area contributed by atoms with Gasteiger partial charge in [-0.15, -0.1) is 0 Å². The lowest BCUT2D eigenvalue weighted by Gasteiger charge is -2.55. The third kappa shape index (κ3) is 2.55. The monoisotopic (exact) mass is 282 g/mol. The topological polar surface area (TPSA) is 67.4 Å². The first-order valence-corrected chi connectivity index (χ1v) is 7.78. The van der Waals surface area contributed by atoms with Gasteiger partial charge in [-0.2, -0.15) is 0 Å². The molecule has 0 aromatic carbocycles. The summed E-state index contributed by atoms with van der Waals surface area (Å²) >= 11 is 0. The average molecular weight is 282 g/mol. The molecule has 1 heterocycles. The summed E-state index contributed by atoms with van der Waals surface area (Å²) in [4.78, 5) is 23.4. The molecule has 2 aliphatic rings. The van der Waals surface area contributed by atoms with Crippen molar-refractivity contribution in [2.45, 2.75) is 71.1 Å². The summed E-state index contributed by atoms with van der Waals surface area (Å²) in [5.41, 5.74) is 0.0499. The summed E-state index contributed by atoms with van der Waals surface area (Å²) < 4.78 is 5.81. The lowest BCUT2D eigenvalue weighted by atomic mass is 9.58. The van der Waals surface area contributed by atoms with Crippen LogP contribution in [-0.2, 0) is 14.3 Å². The number of hydrogen-bond acceptors (Lipinski definition) is 3. The Morgan fingerprint density at radius 3 is 2.60 bits per heavy atom. The highest BCUT2D eigenvalue weighted by atomic mass is 16.5. The van der Waals surface area contributed by atoms with Gasteiger partial charge in [-0.25, -0.2) is 0 Å². The van der Waals surface area contributed by atoms with Crippen molar-refractivity contribution in [3.05, 3.63) is 0 Å². The van der Waals surface area contributed by atoms with Gasteiger partial charge in [0.15, 0.2) is 0 Å². The second-order valence-corrected chi connectivity index (χ2v) is 5.84. The highest BCUT2D eigenvalue weighted by Crippen LogP contribution is 2.48. The van der Waals surface area contributed by atoms with Gasteiger partial charge in [0.25, 0.3) is 0 Å². The van der Waals surface area contributed by atoms with E-state index in [1.54, 1.807) is 0 Å². The van der Waals surface area contributed by atoms with Crippen LogP contribution >= 0.6 is 0 Å². The number of nitrogens with one attached hydrogen (secondary N) is 2. The molecule has 2 rings (SSSR count). The molecule has 1 aliphatic heterocycles. The first-order valence-electron chi connectivity index (χ1n) is 7.78. The van der Waals surface area contributed by atoms with Gasteiger partial charge in [-0.1, -0.05) is 13.8 Å². The molecule has 0 radical (unpaired) electrons. The summed E-state index contributed by atoms with van der Waals surface area (Å²) in [6.07, 6.45) is 4.17. The zero-order chi connectivity index (χ0) is 14.8. The minimum absolute atomic E-state index is 0.0248. The molecule has 0 aromatic rings. The van der Waals surface area contributed by atoms with Crippen molar-refractivity contribution in [3.63, 3.8) is 0 Å². The molecule has 0 aromatic heterocycles. The number of carbonyl (C=O) groups excluding carboxylic acids is 2. The lowest BCUT2D eigenvalue weighted by molar-refractivity contribution is -0.149. The summed E-state index contributed by atoms with van der Waals surface area (Å²) in [6.45, 7) is 7.04. The first-order chi connectivity index (χ1) is 9.57. The molecular formula is C15H26N2O3. The van der Waals surface area contributed by atoms with Crippen LogP contribution in [0.5, 0.6) is 0 Å². The third-order valence-corrected chi connectivity index (χ3v) is 5.10. The van der Waals surface area contributed by atoms with Crippen LogP contribution < -0.4 is 10.6 Å². The second kappa shape index (κ2) is 6.12. The van der Waals surface area contributed by atoms with Crippen molar-refractivity contribution < 1.29 is 14.3 Å². The van der Waals surface area contributed by atoms with E-state index in [0.29, 0.717) is 19.4 Å². The summed E-state index contributed by atoms with van der Waals surface area (Å²) in [5.74, 6) is -0.0646. The van der Waals surface area contributed by atoms with E-state index in [0.717, 1.165) is 19.3 Å². The predicted octanol–water partition coefficient (Wildman–Crippen LogP) is 1.36. The van der Waals surface area contributed by atoms with Gasteiger partial charge in [-0.3, -0.25) is 9.59 Å². The van der Waals surface area contributed by atoms with E-state index in [2.05, 4.69) is 24.5 Å². The van der Waals surface area contributed by atoms with Gasteiger partial charge < -0.3 is 15.4 Å². The molecule has 114 valence electrons. The van der Waals surface area contributed by atoms with Crippen LogP contribution in [0.1, 0.15) is 52.9 Å². The van der Waals surface area contributed by atoms with Crippen molar-refractivity contribution in [1.82, 2.24) is 10.6 Å². The van der Waals surface area contributed by atoms with Crippen molar-refractivity contribution in [2.24, 2.45) is 5.41 Å². The Morgan fingerprint density at radius 1 is 1.40 bits per heavy atom. The number of carbonyl (C=O) groups is 2. The van der Waals surface area contributed by atoms with E-state index in [-0.39, 0.29) is 35.4 Å². The molecule has 5 heteroatoms. The Hall–Kier alpha value is -1.10. The van der Waals surface area contributed by atoms with E-state index in [1.165, 1.54) is 0 Å². The smallest absolute Gasteiger partial charge is 0.242 e. The molecule has 2 N–H and O–H groups in total. The first kappa shape index (κ1) is 15.3. The largest absolute Gasteiger partial charge is 0.378 e. The Balaban J connectivity index is 1.95. The fourth-order valence-corrected chi connectivity index (χ4v) is 3.67. The maximum absolute atomic E-state index is 12.2. The van der Waals surface area contributed by atoms with Gasteiger partial charge >= 0.3 is 0 Å². The van der Waals surface area contributed by atoms with Gasteiger partial charge in [0.05, 0.1) is 6.10 Å². The van der Waals surface area contributed by atoms with E-state index in [9.17, 15) is 9.59 Å². The third-order valence-electron chi connectivity index (χ3n) is 5.10. The van der Waals surface area contributed by atoms with Crippen LogP contribution in [0.2, 0.25) is 0 Å². The molecule has 2 fully saturated rings. The minimum Gasteiger partial charge on any atom is -0.378 e. The number of ether oxygens (including phenoxy) is 1. The highest BCUT2D eigenvalue weighted by Gasteiger charge is 2.54. The zero-order valence-corrected chi connectivity index (χ0v) is 12.7. The number of amides is 2. The molecule has 0 bridgehead atoms. The zero-order valence-electron chi connectivity index (χ0n) is 12.7. The molecule has 20 heavy (non-hydrogen) atoms. The Kier molecular flexibility index (Phi) is 4.68. The maximum Gasteiger partial charge on any atom is 0.242 e. The van der Waals surface area contributed by atoms with Crippen LogP contribution in [0.4, 0.5) is 0 Å². The Bertz CT molecular complexity index is 379. The Morgan fingerprint density at radius 2 is 2.10 bits per heavy atom. The predicted molar refractivity (Wildman–Crippen MR) is 76.1 cm³/mol. The molecule has 1 saturated heterocycles.